The molecule has 2 aromatic carbocycles. The van der Waals surface area contributed by atoms with Crippen molar-refractivity contribution in [2.75, 3.05) is 11.9 Å². The smallest absolute Gasteiger partial charge is 0.259 e. The number of imidazole rings is 1. The Labute approximate surface area is 162 Å². The van der Waals surface area contributed by atoms with Crippen molar-refractivity contribution in [2.24, 2.45) is 5.92 Å². The number of amides is 1. The number of hydrogen-bond acceptors (Lipinski definition) is 4. The normalized spacial score (nSPS) is 11.1. The molecule has 0 aliphatic carbocycles. The Morgan fingerprint density at radius 3 is 2.75 bits per heavy atom. The van der Waals surface area contributed by atoms with Gasteiger partial charge in [-0.1, -0.05) is 38.1 Å². The van der Waals surface area contributed by atoms with E-state index in [-0.39, 0.29) is 5.91 Å². The molecule has 7 nitrogen and oxygen atoms in total. The van der Waals surface area contributed by atoms with Crippen molar-refractivity contribution in [3.05, 3.63) is 60.3 Å². The average molecular weight is 375 g/mol. The number of fused-ring (bicyclic) bond motifs is 1. The summed E-state index contributed by atoms with van der Waals surface area (Å²) < 4.78 is 5.79. The van der Waals surface area contributed by atoms with E-state index < -0.39 is 0 Å². The predicted molar refractivity (Wildman–Crippen MR) is 108 cm³/mol. The quantitative estimate of drug-likeness (QED) is 0.470. The molecule has 0 saturated carbocycles. The third-order valence-corrected chi connectivity index (χ3v) is 4.22. The second kappa shape index (κ2) is 7.56. The van der Waals surface area contributed by atoms with Crippen LogP contribution in [-0.4, -0.2) is 32.7 Å². The zero-order valence-corrected chi connectivity index (χ0v) is 15.7. The molecule has 0 saturated heterocycles. The summed E-state index contributed by atoms with van der Waals surface area (Å²) in [4.78, 5) is 20.7. The van der Waals surface area contributed by atoms with E-state index in [1.165, 1.54) is 0 Å². The Bertz CT molecular complexity index is 1080. The van der Waals surface area contributed by atoms with E-state index >= 15 is 0 Å². The van der Waals surface area contributed by atoms with Gasteiger partial charge in [-0.15, -0.1) is 0 Å². The number of ether oxygens (including phenoxy) is 1. The van der Waals surface area contributed by atoms with Gasteiger partial charge in [0.2, 0.25) is 0 Å². The molecule has 142 valence electrons. The van der Waals surface area contributed by atoms with Gasteiger partial charge in [-0.3, -0.25) is 9.89 Å². The molecule has 0 aliphatic heterocycles. The van der Waals surface area contributed by atoms with Crippen LogP contribution in [0.2, 0.25) is 0 Å². The largest absolute Gasteiger partial charge is 0.492 e. The Kier molecular flexibility index (Phi) is 4.80. The second-order valence-electron chi connectivity index (χ2n) is 6.92. The van der Waals surface area contributed by atoms with E-state index in [2.05, 4.69) is 39.3 Å². The molecule has 4 rings (SSSR count). The van der Waals surface area contributed by atoms with Crippen LogP contribution >= 0.6 is 0 Å². The van der Waals surface area contributed by atoms with E-state index in [0.29, 0.717) is 41.0 Å². The topological polar surface area (TPSA) is 95.7 Å². The SMILES string of the molecule is CC(C)COc1ccccc1C(=O)Nc1cn[nH]c1-c1nc2ccccc2[nH]1. The van der Waals surface area contributed by atoms with Crippen molar-refractivity contribution < 1.29 is 9.53 Å². The summed E-state index contributed by atoms with van der Waals surface area (Å²) in [6.07, 6.45) is 1.57. The molecule has 28 heavy (non-hydrogen) atoms. The van der Waals surface area contributed by atoms with Crippen LogP contribution < -0.4 is 10.1 Å². The van der Waals surface area contributed by atoms with Crippen LogP contribution in [0.25, 0.3) is 22.6 Å². The van der Waals surface area contributed by atoms with Gasteiger partial charge in [-0.05, 0) is 30.2 Å². The van der Waals surface area contributed by atoms with Gasteiger partial charge in [-0.2, -0.15) is 5.10 Å². The molecule has 0 aliphatic rings. The molecule has 0 radical (unpaired) electrons. The van der Waals surface area contributed by atoms with Crippen LogP contribution in [0.1, 0.15) is 24.2 Å². The number of H-pyrrole nitrogens is 2. The van der Waals surface area contributed by atoms with Crippen LogP contribution in [-0.2, 0) is 0 Å². The van der Waals surface area contributed by atoms with E-state index in [1.54, 1.807) is 18.3 Å². The van der Waals surface area contributed by atoms with Gasteiger partial charge in [0, 0.05) is 0 Å². The number of carbonyl (C=O) groups excluding carboxylic acids is 1. The molecule has 7 heteroatoms. The highest BCUT2D eigenvalue weighted by molar-refractivity contribution is 6.07. The van der Waals surface area contributed by atoms with Gasteiger partial charge in [0.1, 0.15) is 11.4 Å². The summed E-state index contributed by atoms with van der Waals surface area (Å²) in [5, 5.41) is 9.88. The van der Waals surface area contributed by atoms with Crippen molar-refractivity contribution in [3.8, 4) is 17.3 Å². The lowest BCUT2D eigenvalue weighted by atomic mass is 10.1. The number of anilines is 1. The van der Waals surface area contributed by atoms with Gasteiger partial charge in [0.25, 0.3) is 5.91 Å². The average Bonchev–Trinajstić information content (AvgIpc) is 3.32. The van der Waals surface area contributed by atoms with Crippen molar-refractivity contribution >= 4 is 22.6 Å². The standard InChI is InChI=1S/C21H21N5O2/c1-13(2)12-28-18-10-6-3-7-14(18)21(27)25-17-11-22-26-19(17)20-23-15-8-4-5-9-16(15)24-20/h3-11,13H,12H2,1-2H3,(H,22,26)(H,23,24)(H,25,27). The summed E-state index contributed by atoms with van der Waals surface area (Å²) >= 11 is 0. The second-order valence-corrected chi connectivity index (χ2v) is 6.92. The molecule has 0 unspecified atom stereocenters. The number of benzene rings is 2. The first kappa shape index (κ1) is 17.8. The van der Waals surface area contributed by atoms with Crippen molar-refractivity contribution in [2.45, 2.75) is 13.8 Å². The number of rotatable bonds is 6. The maximum absolute atomic E-state index is 12.9. The van der Waals surface area contributed by atoms with Crippen LogP contribution in [0.4, 0.5) is 5.69 Å². The first-order chi connectivity index (χ1) is 13.6. The third-order valence-electron chi connectivity index (χ3n) is 4.22. The lowest BCUT2D eigenvalue weighted by Crippen LogP contribution is -2.15. The molecule has 0 fully saturated rings. The summed E-state index contributed by atoms with van der Waals surface area (Å²) in [5.41, 5.74) is 3.39. The Balaban J connectivity index is 1.59. The fourth-order valence-electron chi connectivity index (χ4n) is 2.86. The summed E-state index contributed by atoms with van der Waals surface area (Å²) in [6.45, 7) is 4.67. The molecule has 0 atom stereocenters. The van der Waals surface area contributed by atoms with E-state index in [1.807, 2.05) is 36.4 Å². The van der Waals surface area contributed by atoms with Gasteiger partial charge in [0.15, 0.2) is 5.82 Å². The third kappa shape index (κ3) is 3.59. The number of nitrogens with zero attached hydrogens (tertiary/aromatic N) is 2. The number of aromatic amines is 2. The van der Waals surface area contributed by atoms with Crippen LogP contribution in [0, 0.1) is 5.92 Å². The maximum atomic E-state index is 12.9. The summed E-state index contributed by atoms with van der Waals surface area (Å²) in [5.74, 6) is 1.27. The number of para-hydroxylation sites is 3. The van der Waals surface area contributed by atoms with Gasteiger partial charge in [0.05, 0.1) is 35.1 Å². The first-order valence-corrected chi connectivity index (χ1v) is 9.13. The molecule has 0 bridgehead atoms. The number of aromatic nitrogens is 4. The van der Waals surface area contributed by atoms with Crippen LogP contribution in [0.5, 0.6) is 5.75 Å². The minimum Gasteiger partial charge on any atom is -0.492 e. The van der Waals surface area contributed by atoms with Gasteiger partial charge < -0.3 is 15.0 Å². The minimum absolute atomic E-state index is 0.266. The highest BCUT2D eigenvalue weighted by atomic mass is 16.5. The fraction of sp³-hybridized carbons (Fsp3) is 0.190. The number of carbonyl (C=O) groups is 1. The van der Waals surface area contributed by atoms with E-state index in [0.717, 1.165) is 11.0 Å². The van der Waals surface area contributed by atoms with Gasteiger partial charge >= 0.3 is 0 Å². The monoisotopic (exact) mass is 375 g/mol. The Morgan fingerprint density at radius 2 is 1.93 bits per heavy atom. The van der Waals surface area contributed by atoms with Crippen molar-refractivity contribution in [1.82, 2.24) is 20.2 Å². The van der Waals surface area contributed by atoms with Crippen LogP contribution in [0.3, 0.4) is 0 Å². The maximum Gasteiger partial charge on any atom is 0.259 e. The molecule has 0 spiro atoms. The fourth-order valence-corrected chi connectivity index (χ4v) is 2.86. The highest BCUT2D eigenvalue weighted by Gasteiger charge is 2.18. The molecular weight excluding hydrogens is 354 g/mol. The molecule has 4 aromatic rings. The van der Waals surface area contributed by atoms with Crippen LogP contribution in [0.15, 0.2) is 54.7 Å². The van der Waals surface area contributed by atoms with E-state index in [4.69, 9.17) is 4.74 Å². The zero-order valence-electron chi connectivity index (χ0n) is 15.7. The minimum atomic E-state index is -0.266. The molecule has 2 aromatic heterocycles. The van der Waals surface area contributed by atoms with Crippen molar-refractivity contribution in [1.29, 1.82) is 0 Å². The van der Waals surface area contributed by atoms with E-state index in [9.17, 15) is 4.79 Å². The number of hydrogen-bond donors (Lipinski definition) is 3. The Hall–Kier alpha value is -3.61. The van der Waals surface area contributed by atoms with Crippen molar-refractivity contribution in [3.63, 3.8) is 0 Å². The molecule has 2 heterocycles. The molecular formula is C21H21N5O2. The predicted octanol–water partition coefficient (Wildman–Crippen LogP) is 4.24. The molecule has 1 amide bonds. The molecule has 3 N–H and O–H groups in total. The van der Waals surface area contributed by atoms with Gasteiger partial charge in [-0.25, -0.2) is 4.98 Å². The Morgan fingerprint density at radius 1 is 1.14 bits per heavy atom. The highest BCUT2D eigenvalue weighted by Crippen LogP contribution is 2.27. The lowest BCUT2D eigenvalue weighted by molar-refractivity contribution is 0.102. The first-order valence-electron chi connectivity index (χ1n) is 9.13. The lowest BCUT2D eigenvalue weighted by Gasteiger charge is -2.13. The summed E-state index contributed by atoms with van der Waals surface area (Å²) in [7, 11) is 0. The zero-order chi connectivity index (χ0) is 19.5. The summed E-state index contributed by atoms with van der Waals surface area (Å²) in [6, 6.07) is 14.9. The number of nitrogens with one attached hydrogen (secondary N) is 3.